The molecule has 2 aromatic rings. The second kappa shape index (κ2) is 6.64. The summed E-state index contributed by atoms with van der Waals surface area (Å²) in [5.74, 6) is -0.512. The van der Waals surface area contributed by atoms with E-state index in [-0.39, 0.29) is 6.42 Å². The standard InChI is InChI=1S/C16H20N4O3S/c1-19-12-13(11-17-19)8-9-16(21)18-24(22,23)20-10-4-6-14-5-2-3-7-15(14)20/h2-3,5,7,11-12H,4,6,8-10H2,1H3,(H,18,21). The molecule has 0 bridgehead atoms. The van der Waals surface area contributed by atoms with Gasteiger partial charge in [-0.3, -0.25) is 13.8 Å². The molecule has 3 rings (SSSR count). The number of rotatable bonds is 5. The Balaban J connectivity index is 1.67. The monoisotopic (exact) mass is 348 g/mol. The van der Waals surface area contributed by atoms with Gasteiger partial charge >= 0.3 is 10.2 Å². The fourth-order valence-corrected chi connectivity index (χ4v) is 4.16. The van der Waals surface area contributed by atoms with Crippen molar-refractivity contribution in [2.75, 3.05) is 10.8 Å². The fraction of sp³-hybridized carbons (Fsp3) is 0.375. The van der Waals surface area contributed by atoms with Gasteiger partial charge in [0, 0.05) is 26.2 Å². The minimum Gasteiger partial charge on any atom is -0.276 e. The van der Waals surface area contributed by atoms with Crippen molar-refractivity contribution < 1.29 is 13.2 Å². The van der Waals surface area contributed by atoms with Gasteiger partial charge in [-0.2, -0.15) is 13.5 Å². The number of fused-ring (bicyclic) bond motifs is 1. The summed E-state index contributed by atoms with van der Waals surface area (Å²) in [7, 11) is -2.09. The minimum atomic E-state index is -3.88. The first-order chi connectivity index (χ1) is 11.5. The highest BCUT2D eigenvalue weighted by atomic mass is 32.2. The van der Waals surface area contributed by atoms with E-state index < -0.39 is 16.1 Å². The SMILES string of the molecule is Cn1cc(CCC(=O)NS(=O)(=O)N2CCCc3ccccc32)cn1. The molecule has 2 heterocycles. The Bertz CT molecular complexity index is 845. The molecule has 0 saturated heterocycles. The van der Waals surface area contributed by atoms with Gasteiger partial charge in [0.1, 0.15) is 0 Å². The molecule has 1 aromatic heterocycles. The Hall–Kier alpha value is -2.35. The first-order valence-electron chi connectivity index (χ1n) is 7.84. The second-order valence-electron chi connectivity index (χ2n) is 5.86. The van der Waals surface area contributed by atoms with Crippen molar-refractivity contribution in [1.82, 2.24) is 14.5 Å². The number of carbonyl (C=O) groups is 1. The maximum atomic E-state index is 12.6. The van der Waals surface area contributed by atoms with Crippen molar-refractivity contribution in [3.05, 3.63) is 47.8 Å². The second-order valence-corrected chi connectivity index (χ2v) is 7.45. The van der Waals surface area contributed by atoms with Crippen molar-refractivity contribution in [2.24, 2.45) is 7.05 Å². The number of amides is 1. The Kier molecular flexibility index (Phi) is 4.57. The van der Waals surface area contributed by atoms with Gasteiger partial charge in [0.2, 0.25) is 5.91 Å². The van der Waals surface area contributed by atoms with E-state index in [2.05, 4.69) is 9.82 Å². The molecule has 1 amide bonds. The molecule has 0 radical (unpaired) electrons. The molecule has 1 N–H and O–H groups in total. The maximum absolute atomic E-state index is 12.6. The smallest absolute Gasteiger partial charge is 0.276 e. The van der Waals surface area contributed by atoms with Gasteiger partial charge in [-0.15, -0.1) is 0 Å². The zero-order valence-electron chi connectivity index (χ0n) is 13.5. The normalized spacial score (nSPS) is 14.3. The maximum Gasteiger partial charge on any atom is 0.326 e. The van der Waals surface area contributed by atoms with Gasteiger partial charge in [0.15, 0.2) is 0 Å². The molecule has 1 aromatic carbocycles. The molecule has 0 aliphatic carbocycles. The van der Waals surface area contributed by atoms with E-state index in [1.807, 2.05) is 18.3 Å². The molecule has 0 unspecified atom stereocenters. The number of anilines is 1. The van der Waals surface area contributed by atoms with Crippen LogP contribution in [0.4, 0.5) is 5.69 Å². The van der Waals surface area contributed by atoms with Crippen LogP contribution in [-0.4, -0.2) is 30.7 Å². The van der Waals surface area contributed by atoms with E-state index in [4.69, 9.17) is 0 Å². The summed E-state index contributed by atoms with van der Waals surface area (Å²) >= 11 is 0. The predicted octanol–water partition coefficient (Wildman–Crippen LogP) is 1.17. The Morgan fingerprint density at radius 3 is 2.88 bits per heavy atom. The molecule has 0 fully saturated rings. The predicted molar refractivity (Wildman–Crippen MR) is 90.7 cm³/mol. The molecule has 1 aliphatic rings. The molecule has 24 heavy (non-hydrogen) atoms. The Morgan fingerprint density at radius 2 is 2.12 bits per heavy atom. The summed E-state index contributed by atoms with van der Waals surface area (Å²) in [6, 6.07) is 7.38. The van der Waals surface area contributed by atoms with Gasteiger partial charge in [-0.1, -0.05) is 18.2 Å². The summed E-state index contributed by atoms with van der Waals surface area (Å²) in [5.41, 5.74) is 2.53. The van der Waals surface area contributed by atoms with E-state index in [0.29, 0.717) is 18.7 Å². The highest BCUT2D eigenvalue weighted by Gasteiger charge is 2.28. The molecule has 1 aliphatic heterocycles. The Morgan fingerprint density at radius 1 is 1.33 bits per heavy atom. The molecule has 7 nitrogen and oxygen atoms in total. The summed E-state index contributed by atoms with van der Waals surface area (Å²) in [6.45, 7) is 0.377. The van der Waals surface area contributed by atoms with E-state index in [0.717, 1.165) is 24.0 Å². The fourth-order valence-electron chi connectivity index (χ4n) is 2.86. The van der Waals surface area contributed by atoms with Gasteiger partial charge in [-0.05, 0) is 36.5 Å². The zero-order valence-corrected chi connectivity index (χ0v) is 14.3. The summed E-state index contributed by atoms with van der Waals surface area (Å²) < 4.78 is 30.2. The number of hydrogen-bond acceptors (Lipinski definition) is 4. The van der Waals surface area contributed by atoms with Gasteiger partial charge < -0.3 is 0 Å². The topological polar surface area (TPSA) is 84.3 Å². The van der Waals surface area contributed by atoms with Gasteiger partial charge in [-0.25, -0.2) is 4.72 Å². The lowest BCUT2D eigenvalue weighted by molar-refractivity contribution is -0.119. The van der Waals surface area contributed by atoms with Crippen LogP contribution in [0.1, 0.15) is 24.0 Å². The van der Waals surface area contributed by atoms with Crippen molar-refractivity contribution in [3.63, 3.8) is 0 Å². The van der Waals surface area contributed by atoms with Crippen LogP contribution < -0.4 is 9.03 Å². The third-order valence-electron chi connectivity index (χ3n) is 4.00. The zero-order chi connectivity index (χ0) is 17.2. The highest BCUT2D eigenvalue weighted by Crippen LogP contribution is 2.28. The first-order valence-corrected chi connectivity index (χ1v) is 9.28. The van der Waals surface area contributed by atoms with Gasteiger partial charge in [0.05, 0.1) is 11.9 Å². The number of benzene rings is 1. The largest absolute Gasteiger partial charge is 0.326 e. The average Bonchev–Trinajstić information content (AvgIpc) is 2.97. The summed E-state index contributed by atoms with van der Waals surface area (Å²) in [4.78, 5) is 12.0. The molecular weight excluding hydrogens is 328 g/mol. The lowest BCUT2D eigenvalue weighted by Crippen LogP contribution is -2.45. The van der Waals surface area contributed by atoms with E-state index in [9.17, 15) is 13.2 Å². The molecule has 0 atom stereocenters. The van der Waals surface area contributed by atoms with Crippen LogP contribution in [0.2, 0.25) is 0 Å². The number of nitrogens with zero attached hydrogens (tertiary/aromatic N) is 3. The number of aryl methyl sites for hydroxylation is 3. The summed E-state index contributed by atoms with van der Waals surface area (Å²) in [5, 5.41) is 4.03. The van der Waals surface area contributed by atoms with Crippen LogP contribution >= 0.6 is 0 Å². The number of nitrogens with one attached hydrogen (secondary N) is 1. The van der Waals surface area contributed by atoms with Crippen LogP contribution in [-0.2, 0) is 34.9 Å². The molecule has 128 valence electrons. The number of para-hydroxylation sites is 1. The van der Waals surface area contributed by atoms with E-state index >= 15 is 0 Å². The van der Waals surface area contributed by atoms with Crippen LogP contribution in [0.3, 0.4) is 0 Å². The molecule has 0 spiro atoms. The summed E-state index contributed by atoms with van der Waals surface area (Å²) in [6.07, 6.45) is 5.61. The van der Waals surface area contributed by atoms with Crippen LogP contribution in [0.15, 0.2) is 36.7 Å². The van der Waals surface area contributed by atoms with Crippen molar-refractivity contribution >= 4 is 21.8 Å². The lowest BCUT2D eigenvalue weighted by atomic mass is 10.0. The number of aromatic nitrogens is 2. The van der Waals surface area contributed by atoms with E-state index in [1.165, 1.54) is 4.31 Å². The highest BCUT2D eigenvalue weighted by molar-refractivity contribution is 7.91. The van der Waals surface area contributed by atoms with Gasteiger partial charge in [0.25, 0.3) is 0 Å². The van der Waals surface area contributed by atoms with Crippen molar-refractivity contribution in [2.45, 2.75) is 25.7 Å². The van der Waals surface area contributed by atoms with Crippen LogP contribution in [0, 0.1) is 0 Å². The Labute approximate surface area is 141 Å². The van der Waals surface area contributed by atoms with Crippen LogP contribution in [0.5, 0.6) is 0 Å². The minimum absolute atomic E-state index is 0.0976. The number of hydrogen-bond donors (Lipinski definition) is 1. The third kappa shape index (κ3) is 3.59. The third-order valence-corrected chi connectivity index (χ3v) is 5.44. The van der Waals surface area contributed by atoms with Crippen molar-refractivity contribution in [1.29, 1.82) is 0 Å². The van der Waals surface area contributed by atoms with Crippen LogP contribution in [0.25, 0.3) is 0 Å². The first kappa shape index (κ1) is 16.5. The quantitative estimate of drug-likeness (QED) is 0.879. The van der Waals surface area contributed by atoms with Crippen molar-refractivity contribution in [3.8, 4) is 0 Å². The lowest BCUT2D eigenvalue weighted by Gasteiger charge is -2.30. The number of carbonyl (C=O) groups excluding carboxylic acids is 1. The van der Waals surface area contributed by atoms with E-state index in [1.54, 1.807) is 30.1 Å². The average molecular weight is 348 g/mol. The molecule has 0 saturated carbocycles. The molecule has 8 heteroatoms. The molecular formula is C16H20N4O3S.